The predicted molar refractivity (Wildman–Crippen MR) is 417 cm³/mol. The van der Waals surface area contributed by atoms with Crippen LogP contribution in [0.4, 0.5) is 23.7 Å². The van der Waals surface area contributed by atoms with E-state index in [2.05, 4.69) is 111 Å². The molecule has 9 aromatic heterocycles. The number of hydrogen-bond acceptors (Lipinski definition) is 23. The van der Waals surface area contributed by atoms with Crippen molar-refractivity contribution in [3.8, 4) is 22.3 Å². The number of pyridine rings is 1. The van der Waals surface area contributed by atoms with E-state index in [1.165, 1.54) is 43.3 Å². The molecule has 108 heavy (non-hydrogen) atoms. The van der Waals surface area contributed by atoms with Crippen molar-refractivity contribution in [3.63, 3.8) is 0 Å². The van der Waals surface area contributed by atoms with Crippen LogP contribution < -0.4 is 20.9 Å². The summed E-state index contributed by atoms with van der Waals surface area (Å²) in [6.07, 6.45) is 29.9. The van der Waals surface area contributed by atoms with Crippen molar-refractivity contribution in [2.24, 2.45) is 11.8 Å². The van der Waals surface area contributed by atoms with Gasteiger partial charge in [-0.2, -0.15) is 5.10 Å². The van der Waals surface area contributed by atoms with E-state index >= 15 is 0 Å². The summed E-state index contributed by atoms with van der Waals surface area (Å²) < 4.78 is 29.3. The maximum absolute atomic E-state index is 13.2. The highest BCUT2D eigenvalue weighted by Gasteiger charge is 2.36. The van der Waals surface area contributed by atoms with Gasteiger partial charge in [0, 0.05) is 149 Å². The minimum absolute atomic E-state index is 0.0749. The van der Waals surface area contributed by atoms with Crippen molar-refractivity contribution in [1.82, 2.24) is 78.6 Å². The Morgan fingerprint density at radius 3 is 1.57 bits per heavy atom. The zero-order valence-corrected chi connectivity index (χ0v) is 65.4. The highest BCUT2D eigenvalue weighted by Crippen LogP contribution is 2.45. The van der Waals surface area contributed by atoms with Crippen LogP contribution in [0.5, 0.6) is 0 Å². The molecule has 3 atom stereocenters. The van der Waals surface area contributed by atoms with Gasteiger partial charge in [-0.3, -0.25) is 9.48 Å². The minimum atomic E-state index is -0.599. The first-order chi connectivity index (χ1) is 52.1. The Morgan fingerprint density at radius 2 is 1.07 bits per heavy atom. The van der Waals surface area contributed by atoms with Gasteiger partial charge in [-0.15, -0.1) is 25.5 Å². The van der Waals surface area contributed by atoms with Crippen LogP contribution in [0.15, 0.2) is 78.3 Å². The number of nitrogens with zero attached hydrogens (tertiary/aromatic N) is 17. The van der Waals surface area contributed by atoms with E-state index in [4.69, 9.17) is 38.9 Å². The molecule has 0 bridgehead atoms. The first-order valence-corrected chi connectivity index (χ1v) is 39.6. The van der Waals surface area contributed by atoms with Crippen LogP contribution in [-0.4, -0.2) is 223 Å². The number of carbonyl (C=O) groups excluding carboxylic acids is 1. The molecule has 11 heterocycles. The monoisotopic (exact) mass is 1480 g/mol. The van der Waals surface area contributed by atoms with Crippen LogP contribution >= 0.6 is 0 Å². The molecule has 0 aromatic carbocycles. The number of fused-ring (bicyclic) bond motifs is 3. The standard InChI is InChI=1S/C29H46N6O2.C27H38N6O3.C24H32N8O3/c1-20-5-7-23(8-6-20)26-17-25(27-18-30-29(32-35(26)27)31-21(2)19-37-4)22-9-11-24(12-10-22)28(36)34-15-13-33(3)14-16-34;1-18(17-36-3)30-26-29-16-24-22(15-23(33(24)31-26)19-4-6-21(34)7-5-19)20-8-11-28-25(14-20)32-12-9-27(2,35)10-13-32;1-15(13-34-4)28-23-25-11-21-19(9-20(32(21)30-23)16-5-7-18(33)8-6-16)17-10-27-31(12-17)24(2,3)22-29-26-14-35-22/h17-18,20-24H,5-16,19H2,1-4H3,(H,31,32);8,11,14-16,18-19,21,34-35H,4-7,9-10,12-13,17H2,1-3H3,(H,30,31);9-12,14-16,18,33H,5-8,13H2,1-4H3,(H,28,30)/t20?,21-,22?,23?,24?;18-,19?,21?;15-,16?,18?/m000/s1. The largest absolute Gasteiger partial charge is 0.425 e. The zero-order valence-electron chi connectivity index (χ0n) is 65.4. The molecule has 9 aromatic rings. The van der Waals surface area contributed by atoms with E-state index in [0.29, 0.717) is 73.1 Å². The lowest BCUT2D eigenvalue weighted by Gasteiger charge is -2.36. The number of anilines is 4. The van der Waals surface area contributed by atoms with Crippen molar-refractivity contribution < 1.29 is 38.7 Å². The van der Waals surface area contributed by atoms with E-state index in [-0.39, 0.29) is 36.3 Å². The van der Waals surface area contributed by atoms with Gasteiger partial charge in [0.15, 0.2) is 0 Å². The molecule has 6 N–H and O–H groups in total. The Bertz CT molecular complexity index is 4370. The topological polar surface area (TPSA) is 311 Å². The second kappa shape index (κ2) is 34.8. The number of likely N-dealkylation sites (N-methyl/N-ethyl adjacent to an activating group) is 1. The van der Waals surface area contributed by atoms with Crippen LogP contribution in [0, 0.1) is 11.8 Å². The maximum atomic E-state index is 13.2. The van der Waals surface area contributed by atoms with Crippen LogP contribution in [0.25, 0.3) is 38.8 Å². The van der Waals surface area contributed by atoms with Gasteiger partial charge in [0.25, 0.3) is 0 Å². The average molecular weight is 1490 g/mol. The molecule has 0 radical (unpaired) electrons. The summed E-state index contributed by atoms with van der Waals surface area (Å²) in [7, 11) is 7.22. The average Bonchev–Trinajstić information content (AvgIpc) is 1.62. The van der Waals surface area contributed by atoms with Crippen LogP contribution in [-0.2, 0) is 24.5 Å². The van der Waals surface area contributed by atoms with Crippen molar-refractivity contribution in [2.45, 2.75) is 229 Å². The minimum Gasteiger partial charge on any atom is -0.425 e. The third-order valence-electron chi connectivity index (χ3n) is 23.6. The number of aromatic nitrogens is 14. The van der Waals surface area contributed by atoms with Gasteiger partial charge in [0.05, 0.1) is 79.0 Å². The Morgan fingerprint density at radius 1 is 0.602 bits per heavy atom. The van der Waals surface area contributed by atoms with Crippen LogP contribution in [0.1, 0.15) is 216 Å². The van der Waals surface area contributed by atoms with Gasteiger partial charge in [0.2, 0.25) is 36.0 Å². The van der Waals surface area contributed by atoms with Gasteiger partial charge in [0.1, 0.15) is 11.4 Å². The highest BCUT2D eigenvalue weighted by molar-refractivity contribution is 5.83. The number of nitrogens with one attached hydrogen (secondary N) is 3. The number of piperazine rings is 1. The molecule has 0 unspecified atom stereocenters. The maximum Gasteiger partial charge on any atom is 0.243 e. The quantitative estimate of drug-likeness (QED) is 0.0367. The molecule has 28 nitrogen and oxygen atoms in total. The number of carbonyl (C=O) groups is 1. The SMILES string of the molecule is COC[C@H](C)Nc1ncc2c(-c3ccnc(N4CCC(C)(O)CC4)c3)cc(C3CCC(O)CC3)n2n1.COC[C@H](C)Nc1ncc2c(-c3cnn(C(C)(C)c4nnco4)c3)cc(C3CCC(O)CC3)n2n1.COC[C@H](C)Nc1ncc2c(C3CCC(C(=O)N4CCN(C)CC4)CC3)cc(C3CCC(C)CC3)n2n1. The number of aliphatic hydroxyl groups excluding tert-OH is 2. The molecule has 4 aliphatic carbocycles. The molecule has 2 saturated heterocycles. The molecule has 28 heteroatoms. The van der Waals surface area contributed by atoms with Gasteiger partial charge >= 0.3 is 0 Å². The molecule has 6 fully saturated rings. The first-order valence-electron chi connectivity index (χ1n) is 39.6. The summed E-state index contributed by atoms with van der Waals surface area (Å²) in [6.45, 7) is 21.4. The van der Waals surface area contributed by atoms with E-state index in [1.807, 2.05) is 91.6 Å². The fourth-order valence-corrected chi connectivity index (χ4v) is 17.0. The van der Waals surface area contributed by atoms with Crippen LogP contribution in [0.3, 0.4) is 0 Å². The van der Waals surface area contributed by atoms with Gasteiger partial charge in [-0.1, -0.05) is 19.8 Å². The van der Waals surface area contributed by atoms with E-state index < -0.39 is 11.1 Å². The van der Waals surface area contributed by atoms with Gasteiger partial charge in [-0.25, -0.2) is 33.5 Å². The molecule has 0 spiro atoms. The number of aliphatic hydroxyl groups is 3. The molecule has 2 aliphatic heterocycles. The fourth-order valence-electron chi connectivity index (χ4n) is 17.0. The Hall–Kier alpha value is -8.25. The van der Waals surface area contributed by atoms with Crippen molar-refractivity contribution in [2.75, 3.05) is 108 Å². The lowest BCUT2D eigenvalue weighted by atomic mass is 9.77. The first kappa shape index (κ1) is 77.9. The Balaban J connectivity index is 0.000000143. The molecular weight excluding hydrogens is 1370 g/mol. The summed E-state index contributed by atoms with van der Waals surface area (Å²) in [5, 5.41) is 67.7. The summed E-state index contributed by atoms with van der Waals surface area (Å²) in [5.74, 6) is 6.24. The molecule has 4 saturated carbocycles. The molecular formula is C80H116N20O8. The summed E-state index contributed by atoms with van der Waals surface area (Å²) in [6, 6.07) is 11.4. The molecule has 1 amide bonds. The summed E-state index contributed by atoms with van der Waals surface area (Å²) in [4.78, 5) is 38.4. The molecule has 15 rings (SSSR count). The predicted octanol–water partition coefficient (Wildman–Crippen LogP) is 11.3. The highest BCUT2D eigenvalue weighted by atomic mass is 16.5. The summed E-state index contributed by atoms with van der Waals surface area (Å²) >= 11 is 0. The van der Waals surface area contributed by atoms with Gasteiger partial charge < -0.3 is 64.6 Å². The third-order valence-corrected chi connectivity index (χ3v) is 23.6. The summed E-state index contributed by atoms with van der Waals surface area (Å²) in [5.41, 5.74) is 10.9. The number of hydrogen-bond donors (Lipinski definition) is 6. The number of amides is 1. The zero-order chi connectivity index (χ0) is 75.8. The Labute approximate surface area is 634 Å². The van der Waals surface area contributed by atoms with E-state index in [1.54, 1.807) is 21.3 Å². The molecule has 584 valence electrons. The fraction of sp³-hybridized carbons (Fsp3) is 0.637. The second-order valence-electron chi connectivity index (χ2n) is 32.6. The Kier molecular flexibility index (Phi) is 25.1. The normalized spacial score (nSPS) is 23.8. The number of rotatable bonds is 22. The number of ether oxygens (including phenoxy) is 3. The second-order valence-corrected chi connectivity index (χ2v) is 32.6. The third kappa shape index (κ3) is 18.3. The van der Waals surface area contributed by atoms with Crippen molar-refractivity contribution in [1.29, 1.82) is 0 Å². The lowest BCUT2D eigenvalue weighted by molar-refractivity contribution is -0.138. The van der Waals surface area contributed by atoms with Gasteiger partial charge in [-0.05, 0) is 205 Å². The lowest BCUT2D eigenvalue weighted by Crippen LogP contribution is -2.49. The van der Waals surface area contributed by atoms with Crippen LogP contribution in [0.2, 0.25) is 0 Å². The van der Waals surface area contributed by atoms with E-state index in [9.17, 15) is 20.1 Å². The van der Waals surface area contributed by atoms with E-state index in [0.717, 1.165) is 191 Å². The van der Waals surface area contributed by atoms with Crippen molar-refractivity contribution in [3.05, 3.63) is 102 Å². The number of methoxy groups -OCH3 is 3. The molecule has 6 aliphatic rings. The van der Waals surface area contributed by atoms with Crippen molar-refractivity contribution >= 4 is 46.1 Å². The number of piperidine rings is 1. The smallest absolute Gasteiger partial charge is 0.243 e.